The number of carbonyl (C=O) groups excluding carboxylic acids is 4. The molecule has 0 aliphatic carbocycles. The maximum absolute atomic E-state index is 14.0. The van der Waals surface area contributed by atoms with Crippen molar-refractivity contribution in [3.8, 4) is 0 Å². The highest BCUT2D eigenvalue weighted by atomic mass is 31.2. The fourth-order valence-corrected chi connectivity index (χ4v) is 12.5. The summed E-state index contributed by atoms with van der Waals surface area (Å²) in [7, 11) is -5.81. The summed E-state index contributed by atoms with van der Waals surface area (Å²) in [6.45, 7) is 16.2. The third-order valence-electron chi connectivity index (χ3n) is 17.5. The van der Waals surface area contributed by atoms with Gasteiger partial charge in [-0.1, -0.05) is 73.1 Å². The van der Waals surface area contributed by atoms with Crippen molar-refractivity contribution in [3.63, 3.8) is 0 Å². The maximum Gasteiger partial charge on any atom is 0.474 e. The molecule has 5 aliphatic heterocycles. The second-order valence-corrected chi connectivity index (χ2v) is 28.3. The fourth-order valence-electron chi connectivity index (χ4n) is 11.7. The van der Waals surface area contributed by atoms with Crippen LogP contribution in [0.15, 0.2) is 59.3 Å². The minimum absolute atomic E-state index is 0.134. The molecule has 0 saturated carbocycles. The van der Waals surface area contributed by atoms with E-state index in [9.17, 15) is 94.7 Å². The van der Waals surface area contributed by atoms with Crippen molar-refractivity contribution in [2.75, 3.05) is 33.0 Å². The summed E-state index contributed by atoms with van der Waals surface area (Å²) in [5.74, 6) is -5.06. The van der Waals surface area contributed by atoms with Crippen LogP contribution in [0.4, 0.5) is 4.79 Å². The van der Waals surface area contributed by atoms with E-state index < -0.39 is 223 Å². The van der Waals surface area contributed by atoms with E-state index in [-0.39, 0.29) is 12.0 Å². The van der Waals surface area contributed by atoms with Crippen molar-refractivity contribution in [2.24, 2.45) is 16.9 Å². The molecule has 1 unspecified atom stereocenters. The lowest BCUT2D eigenvalue weighted by atomic mass is 9.85. The molecule has 0 aromatic heterocycles. The Balaban J connectivity index is 1.41. The van der Waals surface area contributed by atoms with Gasteiger partial charge in [0.2, 0.25) is 17.7 Å². The van der Waals surface area contributed by atoms with E-state index in [1.165, 1.54) is 18.1 Å². The number of aliphatic hydroxyl groups is 11. The molecule has 5 heterocycles. The van der Waals surface area contributed by atoms with E-state index in [0.29, 0.717) is 12.8 Å². The number of rotatable bonds is 36. The van der Waals surface area contributed by atoms with Gasteiger partial charge in [0.15, 0.2) is 55.9 Å². The molecule has 5 saturated heterocycles. The quantitative estimate of drug-likeness (QED) is 0.0232. The predicted molar refractivity (Wildman–Crippen MR) is 347 cm³/mol. The van der Waals surface area contributed by atoms with Gasteiger partial charge >= 0.3 is 19.9 Å². The zero-order chi connectivity index (χ0) is 75.8. The van der Waals surface area contributed by atoms with Crippen LogP contribution >= 0.6 is 7.82 Å². The molecule has 27 atom stereocenters. The summed E-state index contributed by atoms with van der Waals surface area (Å²) in [4.78, 5) is 75.6. The van der Waals surface area contributed by atoms with Gasteiger partial charge in [-0.3, -0.25) is 23.4 Å². The second kappa shape index (κ2) is 38.9. The molecule has 5 fully saturated rings. The first kappa shape index (κ1) is 86.8. The molecular formula is C64H105N4O32P. The molecule has 0 aromatic carbocycles. The Labute approximate surface area is 584 Å². The van der Waals surface area contributed by atoms with Gasteiger partial charge in [-0.2, -0.15) is 0 Å². The van der Waals surface area contributed by atoms with Gasteiger partial charge in [0, 0.05) is 13.8 Å². The lowest BCUT2D eigenvalue weighted by molar-refractivity contribution is -0.376. The van der Waals surface area contributed by atoms with E-state index in [1.807, 2.05) is 6.08 Å². The van der Waals surface area contributed by atoms with Gasteiger partial charge in [0.25, 0.3) is 0 Å². The van der Waals surface area contributed by atoms with Gasteiger partial charge < -0.3 is 140 Å². The van der Waals surface area contributed by atoms with Crippen molar-refractivity contribution in [2.45, 2.75) is 273 Å². The Bertz CT molecular complexity index is 2910. The third kappa shape index (κ3) is 24.9. The number of aliphatic carboxylic acids is 1. The summed E-state index contributed by atoms with van der Waals surface area (Å²) in [6, 6.07) is -3.83. The Morgan fingerprint density at radius 3 is 1.74 bits per heavy atom. The van der Waals surface area contributed by atoms with Crippen LogP contribution in [0.25, 0.3) is 0 Å². The number of hydrogen-bond acceptors (Lipinski definition) is 30. The first-order valence-electron chi connectivity index (χ1n) is 33.0. The molecular weight excluding hydrogens is 1370 g/mol. The van der Waals surface area contributed by atoms with Crippen molar-refractivity contribution in [1.82, 2.24) is 10.6 Å². The monoisotopic (exact) mass is 1470 g/mol. The molecule has 19 N–H and O–H groups in total. The SMILES string of the molecule is C=C(C/C=C(\C)CCC=C(C)C)CCC(C)(C)/C=C/CC/C(C)=C\CO[C@H](COP(=O)(O)O[C@H]1O[C@H](C(N)=O)[C@@](C)(O)[C@H](OC(N)=O)[C@H]1O[C@@H]1O[C@H](CO[C@@H]2O[C@H](CO)[C@@H](O)[C@H](O)[C@H]2O)[C@@H](O[C@@H]2O[C@H](C)[C@@H](O[C@@H]3O[C@H](CO)[C@H](O)[C@H](O)[C@H]3O)[C@H](O)[C@H]2NC(C)=O)[C@H](O)[C@H]1NC(C)=O)C(=O)O. The number of carboxylic acids is 1. The first-order chi connectivity index (χ1) is 47.1. The normalized spacial score (nSPS) is 36.7. The molecule has 5 aliphatic rings. The average molecular weight is 1470 g/mol. The zero-order valence-electron chi connectivity index (χ0n) is 58.2. The van der Waals surface area contributed by atoms with Crippen LogP contribution in [0.2, 0.25) is 0 Å². The summed E-state index contributed by atoms with van der Waals surface area (Å²) in [5, 5.41) is 135. The highest BCUT2D eigenvalue weighted by Crippen LogP contribution is 2.49. The Morgan fingerprint density at radius 1 is 0.663 bits per heavy atom. The molecule has 36 nitrogen and oxygen atoms in total. The van der Waals surface area contributed by atoms with E-state index >= 15 is 0 Å². The van der Waals surface area contributed by atoms with E-state index in [1.54, 1.807) is 13.0 Å². The molecule has 0 aromatic rings. The number of aliphatic hydroxyl groups excluding tert-OH is 10. The highest BCUT2D eigenvalue weighted by molar-refractivity contribution is 7.47. The Morgan fingerprint density at radius 2 is 1.19 bits per heavy atom. The van der Waals surface area contributed by atoms with Gasteiger partial charge in [-0.15, -0.1) is 0 Å². The molecule has 0 bridgehead atoms. The minimum atomic E-state index is -5.81. The Hall–Kier alpha value is -4.88. The van der Waals surface area contributed by atoms with Crippen LogP contribution < -0.4 is 22.1 Å². The van der Waals surface area contributed by atoms with Gasteiger partial charge in [0.05, 0.1) is 39.1 Å². The van der Waals surface area contributed by atoms with Crippen LogP contribution in [-0.2, 0) is 84.9 Å². The maximum atomic E-state index is 14.0. The van der Waals surface area contributed by atoms with Crippen molar-refractivity contribution in [1.29, 1.82) is 0 Å². The summed E-state index contributed by atoms with van der Waals surface area (Å²) in [6.07, 6.45) is -32.1. The summed E-state index contributed by atoms with van der Waals surface area (Å²) < 4.78 is 88.5. The van der Waals surface area contributed by atoms with Crippen LogP contribution in [-0.4, -0.2) is 288 Å². The first-order valence-corrected chi connectivity index (χ1v) is 34.5. The van der Waals surface area contributed by atoms with Crippen molar-refractivity contribution >= 4 is 37.6 Å². The largest absolute Gasteiger partial charge is 0.479 e. The van der Waals surface area contributed by atoms with E-state index in [4.69, 9.17) is 72.6 Å². The molecule has 4 amide bonds. The van der Waals surface area contributed by atoms with Crippen LogP contribution in [0, 0.1) is 5.41 Å². The van der Waals surface area contributed by atoms with E-state index in [0.717, 1.165) is 64.0 Å². The summed E-state index contributed by atoms with van der Waals surface area (Å²) >= 11 is 0. The average Bonchev–Trinajstić information content (AvgIpc) is 0.749. The predicted octanol–water partition coefficient (Wildman–Crippen LogP) is -2.28. The highest BCUT2D eigenvalue weighted by Gasteiger charge is 2.62. The fraction of sp³-hybridized carbons (Fsp3) is 0.766. The number of primary amides is 2. The van der Waals surface area contributed by atoms with Crippen molar-refractivity contribution in [3.05, 3.63) is 59.3 Å². The number of phosphoric ester groups is 1. The number of ether oxygens (including phenoxy) is 11. The van der Waals surface area contributed by atoms with Gasteiger partial charge in [-0.25, -0.2) is 14.2 Å². The molecule has 0 radical (unpaired) electrons. The van der Waals surface area contributed by atoms with Crippen LogP contribution in [0.5, 0.6) is 0 Å². The zero-order valence-corrected chi connectivity index (χ0v) is 59.1. The number of amides is 4. The number of nitrogens with one attached hydrogen (secondary N) is 2. The van der Waals surface area contributed by atoms with Gasteiger partial charge in [-0.05, 0) is 91.9 Å². The number of carbonyl (C=O) groups is 5. The summed E-state index contributed by atoms with van der Waals surface area (Å²) in [5.41, 5.74) is 12.6. The molecule has 101 heavy (non-hydrogen) atoms. The lowest BCUT2D eigenvalue weighted by Crippen LogP contribution is -2.72. The van der Waals surface area contributed by atoms with Crippen LogP contribution in [0.1, 0.15) is 114 Å². The smallest absolute Gasteiger partial charge is 0.474 e. The topological polar surface area (TPSA) is 562 Å². The Kier molecular flexibility index (Phi) is 33.4. The van der Waals surface area contributed by atoms with Crippen LogP contribution in [0.3, 0.4) is 0 Å². The standard InChI is InChI=1S/C64H105N4O32P/c1-29(2)15-14-17-30(3)18-19-32(5)20-23-63(9,10)22-13-12-16-31(4)21-24-88-39(56(82)83)28-90-101(86,87)100-61-52(53(99-62(66)84)64(11,85)54(98-61)55(65)81)97-58-41(68-35(8)72)45(76)51(38(94-58)27-89-59-48(79)46(77)42(73)36(25-69)92-59)96-57-40(67-34(7)71)44(75)50(33(6)91-57)95-60-49(80)47(78)43(74)37(26-70)93-60/h13,15,18,21-22,33,36-54,57-61,69-70,73-80,85H,5,12,14,16-17,19-20,23-28H2,1-4,6-11H3,(H2,65,81)(H2,66,84)(H,67,71)(H,68,72)(H,82,83)(H,86,87)/b22-13+,30-18+,31-21-/t33-,36-,37-,38-,39-,40-,41-,42-,43+,44-,45-,46+,47+,48-,49-,50-,51-,52-,53-,54-,57+,58+,59-,60+,61-,64+/m1/s1. The molecule has 5 rings (SSSR count). The number of phosphoric acid groups is 1. The number of nitrogens with two attached hydrogens (primary N) is 2. The number of carboxylic acid groups (broad SMARTS) is 1. The second-order valence-electron chi connectivity index (χ2n) is 26.9. The molecule has 37 heteroatoms. The number of allylic oxidation sites excluding steroid dienone is 8. The van der Waals surface area contributed by atoms with Crippen molar-refractivity contribution < 1.29 is 156 Å². The third-order valence-corrected chi connectivity index (χ3v) is 18.5. The molecule has 0 spiro atoms. The van der Waals surface area contributed by atoms with E-state index in [2.05, 4.69) is 70.1 Å². The van der Waals surface area contributed by atoms with Gasteiger partial charge in [0.1, 0.15) is 97.0 Å². The minimum Gasteiger partial charge on any atom is -0.479 e. The lowest BCUT2D eigenvalue weighted by Gasteiger charge is -2.52. The molecule has 578 valence electrons. The number of hydrogen-bond donors (Lipinski definition) is 17.